The zero-order valence-electron chi connectivity index (χ0n) is 27.3. The van der Waals surface area contributed by atoms with Crippen LogP contribution in [0.2, 0.25) is 0 Å². The lowest BCUT2D eigenvalue weighted by atomic mass is 10.1. The summed E-state index contributed by atoms with van der Waals surface area (Å²) in [6.07, 6.45) is 6.18. The molecule has 1 aliphatic heterocycles. The molecule has 2 aromatic heterocycles. The third-order valence-electron chi connectivity index (χ3n) is 7.93. The van der Waals surface area contributed by atoms with Crippen LogP contribution in [-0.2, 0) is 16.1 Å². The second-order valence-corrected chi connectivity index (χ2v) is 11.9. The highest BCUT2D eigenvalue weighted by molar-refractivity contribution is 7.98. The third-order valence-corrected chi connectivity index (χ3v) is 8.58. The highest BCUT2D eigenvalue weighted by Gasteiger charge is 2.26. The third kappa shape index (κ3) is 8.84. The molecule has 0 radical (unpaired) electrons. The Morgan fingerprint density at radius 1 is 1.16 bits per heavy atom. The van der Waals surface area contributed by atoms with Crippen molar-refractivity contribution in [3.8, 4) is 23.3 Å². The van der Waals surface area contributed by atoms with Crippen molar-refractivity contribution in [2.45, 2.75) is 19.0 Å². The number of rotatable bonds is 18. The van der Waals surface area contributed by atoms with E-state index in [0.717, 1.165) is 23.2 Å². The topological polar surface area (TPSA) is 184 Å². The highest BCUT2D eigenvalue weighted by Crippen LogP contribution is 2.38. The number of benzene rings is 2. The predicted octanol–water partition coefficient (Wildman–Crippen LogP) is 2.06. The molecule has 0 unspecified atom stereocenters. The lowest BCUT2D eigenvalue weighted by Gasteiger charge is -2.40. The van der Waals surface area contributed by atoms with Gasteiger partial charge < -0.3 is 29.5 Å². The normalized spacial score (nSPS) is 13.9. The van der Waals surface area contributed by atoms with Crippen molar-refractivity contribution in [2.75, 3.05) is 75.0 Å². The minimum absolute atomic E-state index is 0.289. The number of hydrazine groups is 1. The van der Waals surface area contributed by atoms with Crippen LogP contribution in [-0.4, -0.2) is 119 Å². The first-order chi connectivity index (χ1) is 23.9. The molecule has 0 spiro atoms. The van der Waals surface area contributed by atoms with E-state index < -0.39 is 12.0 Å². The smallest absolute Gasteiger partial charge is 0.320 e. The molecule has 1 amide bonds. The van der Waals surface area contributed by atoms with Crippen LogP contribution in [0, 0.1) is 11.3 Å². The fourth-order valence-electron chi connectivity index (χ4n) is 5.48. The number of pyridine rings is 1. The molecular formula is C32H38N10O6S. The van der Waals surface area contributed by atoms with Gasteiger partial charge in [0.2, 0.25) is 6.41 Å². The number of aliphatic carboxylic acids is 1. The summed E-state index contributed by atoms with van der Waals surface area (Å²) in [6, 6.07) is 12.5. The molecule has 1 fully saturated rings. The lowest BCUT2D eigenvalue weighted by Crippen LogP contribution is -2.54. The summed E-state index contributed by atoms with van der Waals surface area (Å²) in [4.78, 5) is 31.7. The van der Waals surface area contributed by atoms with Crippen LogP contribution in [0.3, 0.4) is 0 Å². The maximum absolute atomic E-state index is 12.3. The van der Waals surface area contributed by atoms with Gasteiger partial charge in [-0.25, -0.2) is 10.0 Å². The van der Waals surface area contributed by atoms with E-state index in [1.165, 1.54) is 11.1 Å². The number of fused-ring (bicyclic) bond motifs is 1. The largest absolute Gasteiger partial charge is 0.493 e. The molecule has 3 heterocycles. The Morgan fingerprint density at radius 3 is 2.61 bits per heavy atom. The summed E-state index contributed by atoms with van der Waals surface area (Å²) in [5.41, 5.74) is 2.51. The molecule has 1 saturated heterocycles. The molecule has 0 bridgehead atoms. The number of carbonyl (C=O) groups excluding carboxylic acids is 1. The van der Waals surface area contributed by atoms with Gasteiger partial charge in [0, 0.05) is 50.4 Å². The van der Waals surface area contributed by atoms with E-state index in [1.807, 2.05) is 17.3 Å². The lowest BCUT2D eigenvalue weighted by molar-refractivity contribution is -0.139. The zero-order chi connectivity index (χ0) is 34.6. The molecule has 2 N–H and O–H groups in total. The number of ether oxygens (including phenoxy) is 3. The van der Waals surface area contributed by atoms with E-state index >= 15 is 0 Å². The fraction of sp³-hybridized carbons (Fsp3) is 0.406. The molecular weight excluding hydrogens is 652 g/mol. The van der Waals surface area contributed by atoms with Gasteiger partial charge in [0.25, 0.3) is 0 Å². The first-order valence-electron chi connectivity index (χ1n) is 15.6. The number of nitrogens with zero attached hydrogens (tertiary/aromatic N) is 9. The van der Waals surface area contributed by atoms with Gasteiger partial charge in [-0.3, -0.25) is 14.6 Å². The van der Waals surface area contributed by atoms with Crippen LogP contribution in [0.4, 0.5) is 11.4 Å². The van der Waals surface area contributed by atoms with Crippen molar-refractivity contribution in [3.63, 3.8) is 0 Å². The van der Waals surface area contributed by atoms with Crippen LogP contribution in [0.15, 0.2) is 48.9 Å². The molecule has 2 aromatic carbocycles. The van der Waals surface area contributed by atoms with Crippen molar-refractivity contribution < 1.29 is 28.9 Å². The average Bonchev–Trinajstić information content (AvgIpc) is 3.65. The quantitative estimate of drug-likeness (QED) is 0.114. The van der Waals surface area contributed by atoms with Crippen LogP contribution in [0.25, 0.3) is 10.9 Å². The zero-order valence-corrected chi connectivity index (χ0v) is 28.1. The number of nitriles is 1. The van der Waals surface area contributed by atoms with Crippen molar-refractivity contribution in [2.24, 2.45) is 0 Å². The first kappa shape index (κ1) is 35.1. The van der Waals surface area contributed by atoms with Crippen LogP contribution in [0.5, 0.6) is 17.2 Å². The van der Waals surface area contributed by atoms with Crippen LogP contribution < -0.4 is 29.4 Å². The number of thioether (sulfide) groups is 1. The number of hydrogen-bond acceptors (Lipinski definition) is 14. The van der Waals surface area contributed by atoms with Gasteiger partial charge in [-0.05, 0) is 54.0 Å². The minimum atomic E-state index is -0.873. The Kier molecular flexibility index (Phi) is 12.4. The monoisotopic (exact) mass is 690 g/mol. The number of nitrogens with one attached hydrogen (secondary N) is 1. The van der Waals surface area contributed by atoms with Crippen LogP contribution in [0.1, 0.15) is 12.0 Å². The van der Waals surface area contributed by atoms with Gasteiger partial charge in [0.05, 0.1) is 36.1 Å². The molecule has 16 nitrogen and oxygen atoms in total. The summed E-state index contributed by atoms with van der Waals surface area (Å²) in [7, 11) is 1.56. The number of amides is 1. The van der Waals surface area contributed by atoms with E-state index in [2.05, 4.69) is 36.7 Å². The van der Waals surface area contributed by atoms with Crippen molar-refractivity contribution in [1.82, 2.24) is 35.5 Å². The Hall–Kier alpha value is -5.18. The van der Waals surface area contributed by atoms with E-state index in [-0.39, 0.29) is 6.61 Å². The number of carbonyl (C=O) groups is 2. The minimum Gasteiger partial charge on any atom is -0.493 e. The number of methoxy groups -OCH3 is 1. The standard InChI is InChI=1S/C32H38N10O6S/c1-46-29-17-26-28(18-30(29)48-15-13-42-37-21-36-38-42)35-20-23(19-33)31(26)39-9-11-40(12-10-39)41(22-43)24-3-5-25(6-4-24)47-14-8-34-27(32(44)45)7-16-49-2/h3-6,17-18,20-22,27,34H,7-16H2,1-2H3,(H,44,45)/t27-/m0/s1. The Balaban J connectivity index is 1.21. The van der Waals surface area contributed by atoms with Crippen molar-refractivity contribution in [3.05, 3.63) is 54.5 Å². The molecule has 17 heteroatoms. The predicted molar refractivity (Wildman–Crippen MR) is 183 cm³/mol. The van der Waals surface area contributed by atoms with Gasteiger partial charge in [-0.2, -0.15) is 21.8 Å². The summed E-state index contributed by atoms with van der Waals surface area (Å²) in [5, 5.41) is 38.2. The maximum atomic E-state index is 12.3. The number of hydrogen-bond donors (Lipinski definition) is 2. The van der Waals surface area contributed by atoms with E-state index in [0.29, 0.717) is 86.3 Å². The number of aromatic nitrogens is 5. The summed E-state index contributed by atoms with van der Waals surface area (Å²) >= 11 is 1.61. The van der Waals surface area contributed by atoms with Crippen molar-refractivity contribution in [1.29, 1.82) is 5.26 Å². The molecule has 1 atom stereocenters. The SMILES string of the molecule is COc1cc2c(N3CCN(N(C=O)c4ccc(OCCN[C@@H](CCSC)C(=O)O)cc4)CC3)c(C#N)cnc2cc1OCCn1ncnn1. The van der Waals surface area contributed by atoms with Crippen LogP contribution >= 0.6 is 11.8 Å². The fourth-order valence-corrected chi connectivity index (χ4v) is 5.95. The molecule has 5 rings (SSSR count). The Labute approximate surface area is 287 Å². The number of tetrazole rings is 1. The summed E-state index contributed by atoms with van der Waals surface area (Å²) < 4.78 is 17.4. The van der Waals surface area contributed by atoms with E-state index in [9.17, 15) is 20.0 Å². The maximum Gasteiger partial charge on any atom is 0.320 e. The number of anilines is 2. The molecule has 0 aliphatic carbocycles. The van der Waals surface area contributed by atoms with E-state index in [1.54, 1.807) is 60.4 Å². The summed E-state index contributed by atoms with van der Waals surface area (Å²) in [5.74, 6) is 1.51. The number of piperazine rings is 1. The van der Waals surface area contributed by atoms with E-state index in [4.69, 9.17) is 14.2 Å². The number of carboxylic acid groups (broad SMARTS) is 1. The molecule has 0 saturated carbocycles. The molecule has 4 aromatic rings. The molecule has 258 valence electrons. The second-order valence-electron chi connectivity index (χ2n) is 10.9. The van der Waals surface area contributed by atoms with Gasteiger partial charge in [0.15, 0.2) is 17.8 Å². The number of carboxylic acids is 1. The van der Waals surface area contributed by atoms with Gasteiger partial charge in [0.1, 0.15) is 31.1 Å². The Bertz CT molecular complexity index is 1730. The molecule has 1 aliphatic rings. The summed E-state index contributed by atoms with van der Waals surface area (Å²) in [6.45, 7) is 3.52. The Morgan fingerprint density at radius 2 is 1.96 bits per heavy atom. The van der Waals surface area contributed by atoms with Crippen molar-refractivity contribution >= 4 is 46.4 Å². The second kappa shape index (κ2) is 17.3. The van der Waals surface area contributed by atoms with Gasteiger partial charge in [-0.15, -0.1) is 10.2 Å². The first-order valence-corrected chi connectivity index (χ1v) is 17.0. The highest BCUT2D eigenvalue weighted by atomic mass is 32.2. The van der Waals surface area contributed by atoms with Gasteiger partial charge in [-0.1, -0.05) is 0 Å². The van der Waals surface area contributed by atoms with Gasteiger partial charge >= 0.3 is 5.97 Å². The average molecular weight is 691 g/mol. The molecule has 49 heavy (non-hydrogen) atoms.